The lowest BCUT2D eigenvalue weighted by Gasteiger charge is -2.25. The molecule has 0 aromatic heterocycles. The molecule has 1 N–H and O–H groups in total. The van der Waals surface area contributed by atoms with Gasteiger partial charge in [-0.3, -0.25) is 14.5 Å². The van der Waals surface area contributed by atoms with Gasteiger partial charge in [-0.1, -0.05) is 0 Å². The molecule has 0 unspecified atom stereocenters. The largest absolute Gasteiger partial charge is 0.442 e. The summed E-state index contributed by atoms with van der Waals surface area (Å²) in [5, 5.41) is 4.53. The number of carbonyl (C=O) groups excluding carboxylic acids is 2. The number of hydrogen-bond acceptors (Lipinski definition) is 6. The van der Waals surface area contributed by atoms with Crippen molar-refractivity contribution in [2.24, 2.45) is 0 Å². The molecule has 0 bridgehead atoms. The van der Waals surface area contributed by atoms with Crippen LogP contribution in [0.25, 0.3) is 0 Å². The zero-order valence-corrected chi connectivity index (χ0v) is 16.5. The van der Waals surface area contributed by atoms with Gasteiger partial charge >= 0.3 is 6.09 Å². The van der Waals surface area contributed by atoms with Gasteiger partial charge in [0.1, 0.15) is 11.9 Å². The maximum atomic E-state index is 14.8. The number of benzene rings is 1. The number of carbonyl (C=O) groups is 2. The molecule has 1 aromatic carbocycles. The normalized spacial score (nSPS) is 21.0. The van der Waals surface area contributed by atoms with Gasteiger partial charge in [0.25, 0.3) is 0 Å². The SMILES string of the molecule is CC(=O)NC[C@H]1CN(c2ccc(N3CCON(C(C)C)CC3)c(F)c2)C(=O)O1. The summed E-state index contributed by atoms with van der Waals surface area (Å²) in [6.07, 6.45) is -0.998. The molecule has 28 heavy (non-hydrogen) atoms. The van der Waals surface area contributed by atoms with Crippen LogP contribution in [0.1, 0.15) is 20.8 Å². The third-order valence-corrected chi connectivity index (χ3v) is 4.82. The molecule has 0 saturated carbocycles. The van der Waals surface area contributed by atoms with E-state index in [1.165, 1.54) is 17.9 Å². The van der Waals surface area contributed by atoms with Gasteiger partial charge in [-0.25, -0.2) is 9.18 Å². The molecule has 9 heteroatoms. The molecule has 0 aliphatic carbocycles. The van der Waals surface area contributed by atoms with E-state index in [1.54, 1.807) is 12.1 Å². The van der Waals surface area contributed by atoms with E-state index < -0.39 is 18.0 Å². The summed E-state index contributed by atoms with van der Waals surface area (Å²) in [5.41, 5.74) is 0.923. The zero-order chi connectivity index (χ0) is 20.3. The average Bonchev–Trinajstić information content (AvgIpc) is 2.85. The highest BCUT2D eigenvalue weighted by Crippen LogP contribution is 2.28. The maximum absolute atomic E-state index is 14.8. The van der Waals surface area contributed by atoms with Gasteiger partial charge in [-0.05, 0) is 32.0 Å². The lowest BCUT2D eigenvalue weighted by Crippen LogP contribution is -2.34. The summed E-state index contributed by atoms with van der Waals surface area (Å²) in [7, 11) is 0. The molecule has 3 rings (SSSR count). The number of nitrogens with zero attached hydrogens (tertiary/aromatic N) is 3. The van der Waals surface area contributed by atoms with Crippen LogP contribution >= 0.6 is 0 Å². The van der Waals surface area contributed by atoms with E-state index in [4.69, 9.17) is 9.57 Å². The Balaban J connectivity index is 1.67. The fraction of sp³-hybridized carbons (Fsp3) is 0.579. The molecule has 1 aromatic rings. The first kappa shape index (κ1) is 20.3. The lowest BCUT2D eigenvalue weighted by atomic mass is 10.2. The molecule has 0 radical (unpaired) electrons. The monoisotopic (exact) mass is 394 g/mol. The Labute approximate surface area is 164 Å². The summed E-state index contributed by atoms with van der Waals surface area (Å²) in [6.45, 7) is 8.42. The van der Waals surface area contributed by atoms with Crippen LogP contribution in [0.5, 0.6) is 0 Å². The summed E-state index contributed by atoms with van der Waals surface area (Å²) >= 11 is 0. The number of hydroxylamine groups is 2. The molecular weight excluding hydrogens is 367 g/mol. The molecule has 154 valence electrons. The smallest absolute Gasteiger partial charge is 0.414 e. The first-order chi connectivity index (χ1) is 13.3. The molecule has 2 saturated heterocycles. The molecular formula is C19H27FN4O4. The summed E-state index contributed by atoms with van der Waals surface area (Å²) in [6, 6.07) is 5.01. The fourth-order valence-corrected chi connectivity index (χ4v) is 3.33. The zero-order valence-electron chi connectivity index (χ0n) is 16.5. The third kappa shape index (κ3) is 4.71. The fourth-order valence-electron chi connectivity index (χ4n) is 3.33. The van der Waals surface area contributed by atoms with E-state index in [1.807, 2.05) is 9.96 Å². The van der Waals surface area contributed by atoms with E-state index in [-0.39, 0.29) is 25.0 Å². The van der Waals surface area contributed by atoms with E-state index in [2.05, 4.69) is 19.2 Å². The number of nitrogens with one attached hydrogen (secondary N) is 1. The van der Waals surface area contributed by atoms with Crippen molar-refractivity contribution in [3.8, 4) is 0 Å². The van der Waals surface area contributed by atoms with Gasteiger partial charge in [-0.2, -0.15) is 5.06 Å². The summed E-state index contributed by atoms with van der Waals surface area (Å²) in [4.78, 5) is 32.2. The number of anilines is 2. The molecule has 2 aliphatic heterocycles. The van der Waals surface area contributed by atoms with Crippen molar-refractivity contribution >= 4 is 23.4 Å². The van der Waals surface area contributed by atoms with Gasteiger partial charge in [0, 0.05) is 32.6 Å². The van der Waals surface area contributed by atoms with Crippen LogP contribution in [0.3, 0.4) is 0 Å². The number of amides is 2. The number of hydrogen-bond donors (Lipinski definition) is 1. The number of halogens is 1. The topological polar surface area (TPSA) is 74.4 Å². The minimum atomic E-state index is -0.543. The average molecular weight is 394 g/mol. The van der Waals surface area contributed by atoms with Crippen LogP contribution in [-0.2, 0) is 14.4 Å². The Morgan fingerprint density at radius 2 is 2.11 bits per heavy atom. The van der Waals surface area contributed by atoms with Crippen LogP contribution in [-0.4, -0.2) is 68.5 Å². The molecule has 2 amide bonds. The predicted octanol–water partition coefficient (Wildman–Crippen LogP) is 1.75. The summed E-state index contributed by atoms with van der Waals surface area (Å²) in [5.74, 6) is -0.587. The lowest BCUT2D eigenvalue weighted by molar-refractivity contribution is -0.168. The molecule has 1 atom stereocenters. The highest BCUT2D eigenvalue weighted by molar-refractivity contribution is 5.90. The van der Waals surface area contributed by atoms with Crippen molar-refractivity contribution in [2.45, 2.75) is 32.9 Å². The highest BCUT2D eigenvalue weighted by atomic mass is 19.1. The molecule has 0 spiro atoms. The van der Waals surface area contributed by atoms with Crippen LogP contribution in [0.4, 0.5) is 20.6 Å². The minimum Gasteiger partial charge on any atom is -0.442 e. The van der Waals surface area contributed by atoms with Gasteiger partial charge in [0.2, 0.25) is 5.91 Å². The van der Waals surface area contributed by atoms with Crippen molar-refractivity contribution in [1.82, 2.24) is 10.4 Å². The van der Waals surface area contributed by atoms with E-state index in [0.29, 0.717) is 37.6 Å². The van der Waals surface area contributed by atoms with E-state index >= 15 is 0 Å². The van der Waals surface area contributed by atoms with Crippen molar-refractivity contribution in [3.63, 3.8) is 0 Å². The second kappa shape index (κ2) is 8.74. The van der Waals surface area contributed by atoms with Crippen molar-refractivity contribution in [3.05, 3.63) is 24.0 Å². The Bertz CT molecular complexity index is 730. The number of cyclic esters (lactones) is 1. The highest BCUT2D eigenvalue weighted by Gasteiger charge is 2.33. The standard InChI is InChI=1S/C19H27FN4O4/c1-13(2)24-7-6-22(8-9-27-24)18-5-4-15(10-17(18)20)23-12-16(28-19(23)26)11-21-14(3)25/h4-5,10,13,16H,6-9,11-12H2,1-3H3,(H,21,25)/t16-/m0/s1. The maximum Gasteiger partial charge on any atom is 0.414 e. The van der Waals surface area contributed by atoms with Crippen molar-refractivity contribution < 1.29 is 23.6 Å². The summed E-state index contributed by atoms with van der Waals surface area (Å²) < 4.78 is 20.1. The first-order valence-electron chi connectivity index (χ1n) is 9.52. The van der Waals surface area contributed by atoms with Crippen LogP contribution < -0.4 is 15.1 Å². The molecule has 2 heterocycles. The van der Waals surface area contributed by atoms with Crippen molar-refractivity contribution in [1.29, 1.82) is 0 Å². The van der Waals surface area contributed by atoms with Gasteiger partial charge in [0.05, 0.1) is 31.1 Å². The van der Waals surface area contributed by atoms with Crippen LogP contribution in [0, 0.1) is 5.82 Å². The van der Waals surface area contributed by atoms with Gasteiger partial charge in [0.15, 0.2) is 0 Å². The molecule has 2 fully saturated rings. The van der Waals surface area contributed by atoms with E-state index in [9.17, 15) is 14.0 Å². The third-order valence-electron chi connectivity index (χ3n) is 4.82. The van der Waals surface area contributed by atoms with Crippen LogP contribution in [0.15, 0.2) is 18.2 Å². The Hall–Kier alpha value is -2.39. The molecule has 8 nitrogen and oxygen atoms in total. The Morgan fingerprint density at radius 1 is 1.32 bits per heavy atom. The Kier molecular flexibility index (Phi) is 6.35. The predicted molar refractivity (Wildman–Crippen MR) is 103 cm³/mol. The molecule has 2 aliphatic rings. The van der Waals surface area contributed by atoms with Gasteiger partial charge in [-0.15, -0.1) is 0 Å². The number of rotatable bonds is 5. The second-order valence-corrected chi connectivity index (χ2v) is 7.24. The van der Waals surface area contributed by atoms with Crippen molar-refractivity contribution in [2.75, 3.05) is 49.1 Å². The minimum absolute atomic E-state index is 0.192. The van der Waals surface area contributed by atoms with Crippen LogP contribution in [0.2, 0.25) is 0 Å². The first-order valence-corrected chi connectivity index (χ1v) is 9.52. The second-order valence-electron chi connectivity index (χ2n) is 7.24. The van der Waals surface area contributed by atoms with Gasteiger partial charge < -0.3 is 15.0 Å². The van der Waals surface area contributed by atoms with E-state index in [0.717, 1.165) is 0 Å². The number of ether oxygens (including phenoxy) is 1. The Morgan fingerprint density at radius 3 is 2.79 bits per heavy atom. The quantitative estimate of drug-likeness (QED) is 0.820.